The fraction of sp³-hybridized carbons (Fsp3) is 0.167. The molecule has 2 nitrogen and oxygen atoms in total. The molecule has 1 rings (SSSR count). The van der Waals surface area contributed by atoms with Crippen LogP contribution in [0.25, 0.3) is 0 Å². The maximum absolute atomic E-state index is 10.6. The second-order valence-electron chi connectivity index (χ2n) is 1.68. The molecular weight excluding hydrogens is 182 g/mol. The third-order valence-corrected chi connectivity index (χ3v) is 1.58. The Morgan fingerprint density at radius 1 is 1.67 bits per heavy atom. The lowest BCUT2D eigenvalue weighted by Gasteiger charge is -1.90. The summed E-state index contributed by atoms with van der Waals surface area (Å²) in [5, 5.41) is 0.698. The van der Waals surface area contributed by atoms with E-state index in [1.807, 2.05) is 0 Å². The van der Waals surface area contributed by atoms with Crippen LogP contribution in [0.15, 0.2) is 23.1 Å². The van der Waals surface area contributed by atoms with Gasteiger partial charge in [-0.25, -0.2) is 0 Å². The van der Waals surface area contributed by atoms with Gasteiger partial charge < -0.3 is 4.98 Å². The summed E-state index contributed by atoms with van der Waals surface area (Å²) in [6.07, 6.45) is 1.64. The number of H-pyrrole nitrogens is 1. The van der Waals surface area contributed by atoms with Crippen molar-refractivity contribution in [3.8, 4) is 0 Å². The van der Waals surface area contributed by atoms with Gasteiger partial charge in [0.15, 0.2) is 5.43 Å². The lowest BCUT2D eigenvalue weighted by molar-refractivity contribution is 1.17. The first-order valence-electron chi connectivity index (χ1n) is 2.56. The Kier molecular flexibility index (Phi) is 2.05. The average Bonchev–Trinajstić information content (AvgIpc) is 1.88. The highest BCUT2D eigenvalue weighted by Crippen LogP contribution is 1.95. The molecule has 0 aliphatic carbocycles. The van der Waals surface area contributed by atoms with Gasteiger partial charge in [0, 0.05) is 29.4 Å². The van der Waals surface area contributed by atoms with E-state index in [0.29, 0.717) is 5.33 Å². The lowest BCUT2D eigenvalue weighted by atomic mass is 10.4. The summed E-state index contributed by atoms with van der Waals surface area (Å²) >= 11 is 3.22. The standard InChI is InChI=1S/C6H6BrNO/c7-4-5-3-6(9)1-2-8-5/h1-3H,4H2,(H,8,9). The molecule has 0 atom stereocenters. The SMILES string of the molecule is O=c1cc[nH]c(CBr)c1. The number of alkyl halides is 1. The Bertz CT molecular complexity index is 243. The van der Waals surface area contributed by atoms with Crippen LogP contribution in [0.5, 0.6) is 0 Å². The van der Waals surface area contributed by atoms with Crippen molar-refractivity contribution in [1.82, 2.24) is 4.98 Å². The van der Waals surface area contributed by atoms with Crippen LogP contribution in [0.2, 0.25) is 0 Å². The number of aromatic amines is 1. The van der Waals surface area contributed by atoms with E-state index < -0.39 is 0 Å². The predicted octanol–water partition coefficient (Wildman–Crippen LogP) is 1.27. The third kappa shape index (κ3) is 1.68. The van der Waals surface area contributed by atoms with Crippen molar-refractivity contribution in [3.63, 3.8) is 0 Å². The molecule has 0 aromatic carbocycles. The summed E-state index contributed by atoms with van der Waals surface area (Å²) in [4.78, 5) is 13.5. The molecule has 0 fully saturated rings. The molecule has 0 bridgehead atoms. The monoisotopic (exact) mass is 187 g/mol. The molecular formula is C6H6BrNO. The minimum Gasteiger partial charge on any atom is -0.364 e. The Balaban J connectivity index is 3.08. The Morgan fingerprint density at radius 2 is 2.44 bits per heavy atom. The number of nitrogens with one attached hydrogen (secondary N) is 1. The van der Waals surface area contributed by atoms with E-state index in [2.05, 4.69) is 20.9 Å². The van der Waals surface area contributed by atoms with Gasteiger partial charge in [-0.1, -0.05) is 15.9 Å². The largest absolute Gasteiger partial charge is 0.364 e. The number of rotatable bonds is 1. The summed E-state index contributed by atoms with van der Waals surface area (Å²) in [6.45, 7) is 0. The van der Waals surface area contributed by atoms with Gasteiger partial charge in [-0.2, -0.15) is 0 Å². The molecule has 1 aromatic rings. The van der Waals surface area contributed by atoms with Crippen LogP contribution in [0.1, 0.15) is 5.69 Å². The Labute approximate surface area is 61.0 Å². The highest BCUT2D eigenvalue weighted by atomic mass is 79.9. The van der Waals surface area contributed by atoms with Gasteiger partial charge >= 0.3 is 0 Å². The van der Waals surface area contributed by atoms with Crippen LogP contribution in [-0.4, -0.2) is 4.98 Å². The van der Waals surface area contributed by atoms with Crippen LogP contribution in [0.3, 0.4) is 0 Å². The Morgan fingerprint density at radius 3 is 2.89 bits per heavy atom. The molecule has 0 saturated heterocycles. The fourth-order valence-corrected chi connectivity index (χ4v) is 0.893. The lowest BCUT2D eigenvalue weighted by Crippen LogP contribution is -1.98. The molecule has 0 spiro atoms. The molecule has 0 saturated carbocycles. The number of hydrogen-bond donors (Lipinski definition) is 1. The zero-order chi connectivity index (χ0) is 6.69. The molecule has 1 aromatic heterocycles. The van der Waals surface area contributed by atoms with E-state index in [9.17, 15) is 4.79 Å². The highest BCUT2D eigenvalue weighted by molar-refractivity contribution is 9.08. The van der Waals surface area contributed by atoms with Gasteiger partial charge in [0.05, 0.1) is 0 Å². The van der Waals surface area contributed by atoms with Crippen molar-refractivity contribution in [1.29, 1.82) is 0 Å². The zero-order valence-corrected chi connectivity index (χ0v) is 6.31. The molecule has 9 heavy (non-hydrogen) atoms. The van der Waals surface area contributed by atoms with Crippen molar-refractivity contribution in [2.75, 3.05) is 0 Å². The van der Waals surface area contributed by atoms with Crippen molar-refractivity contribution >= 4 is 15.9 Å². The van der Waals surface area contributed by atoms with Crippen molar-refractivity contribution < 1.29 is 0 Å². The predicted molar refractivity (Wildman–Crippen MR) is 39.7 cm³/mol. The zero-order valence-electron chi connectivity index (χ0n) is 4.73. The normalized spacial score (nSPS) is 9.44. The third-order valence-electron chi connectivity index (χ3n) is 0.977. The molecule has 1 N–H and O–H groups in total. The molecule has 3 heteroatoms. The van der Waals surface area contributed by atoms with Crippen molar-refractivity contribution in [2.24, 2.45) is 0 Å². The molecule has 1 heterocycles. The van der Waals surface area contributed by atoms with E-state index in [4.69, 9.17) is 0 Å². The number of aromatic nitrogens is 1. The van der Waals surface area contributed by atoms with Gasteiger partial charge in [0.25, 0.3) is 0 Å². The van der Waals surface area contributed by atoms with Gasteiger partial charge in [-0.15, -0.1) is 0 Å². The number of halogens is 1. The van der Waals surface area contributed by atoms with Gasteiger partial charge in [-0.05, 0) is 0 Å². The second kappa shape index (κ2) is 2.82. The van der Waals surface area contributed by atoms with E-state index in [0.717, 1.165) is 5.69 Å². The fourth-order valence-electron chi connectivity index (χ4n) is 0.569. The van der Waals surface area contributed by atoms with Crippen LogP contribution in [0, 0.1) is 0 Å². The maximum Gasteiger partial charge on any atom is 0.181 e. The van der Waals surface area contributed by atoms with Crippen LogP contribution >= 0.6 is 15.9 Å². The van der Waals surface area contributed by atoms with Gasteiger partial charge in [-0.3, -0.25) is 4.79 Å². The smallest absolute Gasteiger partial charge is 0.181 e. The minimum absolute atomic E-state index is 0.0446. The van der Waals surface area contributed by atoms with E-state index in [1.165, 1.54) is 6.07 Å². The number of pyridine rings is 1. The summed E-state index contributed by atoms with van der Waals surface area (Å²) in [5.41, 5.74) is 0.950. The highest BCUT2D eigenvalue weighted by Gasteiger charge is 1.86. The molecule has 0 unspecified atom stereocenters. The minimum atomic E-state index is 0.0446. The van der Waals surface area contributed by atoms with Crippen molar-refractivity contribution in [2.45, 2.75) is 5.33 Å². The maximum atomic E-state index is 10.6. The molecule has 0 radical (unpaired) electrons. The van der Waals surface area contributed by atoms with Crippen LogP contribution in [-0.2, 0) is 5.33 Å². The van der Waals surface area contributed by atoms with E-state index in [-0.39, 0.29) is 5.43 Å². The Hall–Kier alpha value is -0.570. The summed E-state index contributed by atoms with van der Waals surface area (Å²) < 4.78 is 0. The number of hydrogen-bond acceptors (Lipinski definition) is 1. The molecule has 0 aliphatic rings. The van der Waals surface area contributed by atoms with E-state index >= 15 is 0 Å². The van der Waals surface area contributed by atoms with E-state index in [1.54, 1.807) is 12.3 Å². The van der Waals surface area contributed by atoms with Crippen LogP contribution in [0.4, 0.5) is 0 Å². The summed E-state index contributed by atoms with van der Waals surface area (Å²) in [5.74, 6) is 0. The molecule has 0 aliphatic heterocycles. The first-order valence-corrected chi connectivity index (χ1v) is 3.68. The molecule has 48 valence electrons. The molecule has 0 amide bonds. The first kappa shape index (κ1) is 6.55. The average molecular weight is 188 g/mol. The summed E-state index contributed by atoms with van der Waals surface area (Å²) in [6, 6.07) is 3.06. The second-order valence-corrected chi connectivity index (χ2v) is 2.24. The van der Waals surface area contributed by atoms with Gasteiger partial charge in [0.2, 0.25) is 0 Å². The van der Waals surface area contributed by atoms with Crippen LogP contribution < -0.4 is 5.43 Å². The quantitative estimate of drug-likeness (QED) is 0.661. The van der Waals surface area contributed by atoms with Gasteiger partial charge in [0.1, 0.15) is 0 Å². The first-order chi connectivity index (χ1) is 4.33. The van der Waals surface area contributed by atoms with Crippen molar-refractivity contribution in [3.05, 3.63) is 34.2 Å². The summed E-state index contributed by atoms with van der Waals surface area (Å²) in [7, 11) is 0. The topological polar surface area (TPSA) is 32.9 Å².